The molecule has 7 rings (SSSR count). The third-order valence-corrected chi connectivity index (χ3v) is 6.76. The summed E-state index contributed by atoms with van der Waals surface area (Å²) >= 11 is 0. The van der Waals surface area contributed by atoms with Gasteiger partial charge in [-0.1, -0.05) is 84.9 Å². The Morgan fingerprint density at radius 3 is 1.79 bits per heavy atom. The average molecular weight is 420 g/mol. The van der Waals surface area contributed by atoms with Gasteiger partial charge in [0, 0.05) is 17.1 Å². The molecule has 1 nitrogen and oxygen atoms in total. The Morgan fingerprint density at radius 1 is 0.364 bits per heavy atom. The van der Waals surface area contributed by atoms with Crippen molar-refractivity contribution < 1.29 is 0 Å². The van der Waals surface area contributed by atoms with Crippen molar-refractivity contribution in [3.05, 3.63) is 127 Å². The second-order valence-corrected chi connectivity index (χ2v) is 8.61. The summed E-state index contributed by atoms with van der Waals surface area (Å²) in [4.78, 5) is 2.33. The molecular weight excluding hydrogens is 398 g/mol. The van der Waals surface area contributed by atoms with Gasteiger partial charge in [0.05, 0.1) is 0 Å². The average Bonchev–Trinajstić information content (AvgIpc) is 3.20. The first kappa shape index (κ1) is 18.2. The van der Waals surface area contributed by atoms with Gasteiger partial charge in [0.1, 0.15) is 0 Å². The number of fused-ring (bicyclic) bond motifs is 5. The van der Waals surface area contributed by atoms with Gasteiger partial charge in [-0.3, -0.25) is 0 Å². The first-order valence-electron chi connectivity index (χ1n) is 11.4. The number of benzene rings is 6. The molecule has 0 saturated carbocycles. The van der Waals surface area contributed by atoms with Gasteiger partial charge in [-0.25, -0.2) is 0 Å². The summed E-state index contributed by atoms with van der Waals surface area (Å²) < 4.78 is 0. The highest BCUT2D eigenvalue weighted by atomic mass is 15.1. The molecule has 0 aromatic heterocycles. The zero-order valence-electron chi connectivity index (χ0n) is 18.1. The highest BCUT2D eigenvalue weighted by molar-refractivity contribution is 6.23. The van der Waals surface area contributed by atoms with E-state index in [0.29, 0.717) is 0 Å². The predicted molar refractivity (Wildman–Crippen MR) is 141 cm³/mol. The van der Waals surface area contributed by atoms with E-state index in [1.54, 1.807) is 0 Å². The van der Waals surface area contributed by atoms with Gasteiger partial charge < -0.3 is 4.90 Å². The first-order valence-corrected chi connectivity index (χ1v) is 11.4. The van der Waals surface area contributed by atoms with E-state index < -0.39 is 0 Å². The normalized spacial score (nSPS) is 11.6. The van der Waals surface area contributed by atoms with Crippen LogP contribution in [0.5, 0.6) is 0 Å². The van der Waals surface area contributed by atoms with E-state index in [2.05, 4.69) is 132 Å². The summed E-state index contributed by atoms with van der Waals surface area (Å²) in [5.41, 5.74) is 8.76. The van der Waals surface area contributed by atoms with E-state index in [9.17, 15) is 0 Å². The Morgan fingerprint density at radius 2 is 1.03 bits per heavy atom. The molecule has 0 bridgehead atoms. The standard InChI is InChI=1S/C32H21N/c1-3-11-23(12-4-1)33(24-13-5-2-6-14-24)25-18-19-27-29-17-9-16-28-26-15-8-7-10-22(26)20-31(32(28)29)30(27)21-25/h1-21H. The quantitative estimate of drug-likeness (QED) is 0.258. The van der Waals surface area contributed by atoms with E-state index in [1.165, 1.54) is 49.5 Å². The third kappa shape index (κ3) is 2.73. The molecule has 0 atom stereocenters. The van der Waals surface area contributed by atoms with Crippen molar-refractivity contribution in [2.24, 2.45) is 0 Å². The van der Waals surface area contributed by atoms with Crippen LogP contribution in [0, 0.1) is 0 Å². The number of hydrogen-bond acceptors (Lipinski definition) is 1. The summed E-state index contributed by atoms with van der Waals surface area (Å²) in [7, 11) is 0. The molecule has 0 N–H and O–H groups in total. The summed E-state index contributed by atoms with van der Waals surface area (Å²) in [5.74, 6) is 0. The lowest BCUT2D eigenvalue weighted by Crippen LogP contribution is -2.09. The van der Waals surface area contributed by atoms with Crippen LogP contribution < -0.4 is 4.90 Å². The lowest BCUT2D eigenvalue weighted by molar-refractivity contribution is 1.28. The maximum Gasteiger partial charge on any atom is 0.0468 e. The molecule has 6 aromatic rings. The maximum atomic E-state index is 2.37. The van der Waals surface area contributed by atoms with Crippen LogP contribution in [0.1, 0.15) is 0 Å². The highest BCUT2D eigenvalue weighted by Crippen LogP contribution is 2.51. The van der Waals surface area contributed by atoms with E-state index in [4.69, 9.17) is 0 Å². The molecule has 0 fully saturated rings. The largest absolute Gasteiger partial charge is 0.310 e. The van der Waals surface area contributed by atoms with Crippen LogP contribution in [-0.4, -0.2) is 0 Å². The van der Waals surface area contributed by atoms with Crippen molar-refractivity contribution in [3.63, 3.8) is 0 Å². The van der Waals surface area contributed by atoms with E-state index in [1.807, 2.05) is 0 Å². The topological polar surface area (TPSA) is 3.24 Å². The van der Waals surface area contributed by atoms with Gasteiger partial charge in [-0.2, -0.15) is 0 Å². The molecule has 0 radical (unpaired) electrons. The summed E-state index contributed by atoms with van der Waals surface area (Å²) in [6.07, 6.45) is 0. The lowest BCUT2D eigenvalue weighted by atomic mass is 9.96. The smallest absolute Gasteiger partial charge is 0.0468 e. The van der Waals surface area contributed by atoms with Crippen LogP contribution in [0.15, 0.2) is 127 Å². The van der Waals surface area contributed by atoms with Gasteiger partial charge in [0.2, 0.25) is 0 Å². The Bertz CT molecular complexity index is 1610. The fourth-order valence-electron chi connectivity index (χ4n) is 5.33. The van der Waals surface area contributed by atoms with Crippen molar-refractivity contribution in [3.8, 4) is 22.3 Å². The van der Waals surface area contributed by atoms with Crippen LogP contribution in [0.2, 0.25) is 0 Å². The van der Waals surface area contributed by atoms with Crippen molar-refractivity contribution in [1.29, 1.82) is 0 Å². The second kappa shape index (κ2) is 7.08. The highest BCUT2D eigenvalue weighted by Gasteiger charge is 2.24. The van der Waals surface area contributed by atoms with Gasteiger partial charge in [0.15, 0.2) is 0 Å². The Balaban J connectivity index is 1.49. The molecule has 0 unspecified atom stereocenters. The Labute approximate surface area is 193 Å². The zero-order valence-corrected chi connectivity index (χ0v) is 18.1. The molecule has 0 spiro atoms. The molecule has 0 aliphatic heterocycles. The minimum Gasteiger partial charge on any atom is -0.310 e. The fourth-order valence-corrected chi connectivity index (χ4v) is 5.33. The van der Waals surface area contributed by atoms with Gasteiger partial charge in [-0.15, -0.1) is 0 Å². The molecular formula is C32H21N. The molecule has 1 aliphatic rings. The van der Waals surface area contributed by atoms with Crippen LogP contribution in [0.3, 0.4) is 0 Å². The minimum absolute atomic E-state index is 1.16. The van der Waals surface area contributed by atoms with Crippen LogP contribution in [0.25, 0.3) is 43.8 Å². The second-order valence-electron chi connectivity index (χ2n) is 8.61. The SMILES string of the molecule is c1ccc(N(c2ccccc2)c2ccc3c(c2)-c2cc4ccccc4c4cccc-3c24)cc1. The summed E-state index contributed by atoms with van der Waals surface area (Å²) in [5, 5.41) is 5.32. The summed E-state index contributed by atoms with van der Waals surface area (Å²) in [6.45, 7) is 0. The molecule has 1 heteroatoms. The third-order valence-electron chi connectivity index (χ3n) is 6.76. The molecule has 0 heterocycles. The molecule has 1 aliphatic carbocycles. The lowest BCUT2D eigenvalue weighted by Gasteiger charge is -2.26. The van der Waals surface area contributed by atoms with E-state index in [0.717, 1.165) is 11.4 Å². The number of anilines is 3. The number of rotatable bonds is 3. The van der Waals surface area contributed by atoms with Crippen LogP contribution >= 0.6 is 0 Å². The molecule has 33 heavy (non-hydrogen) atoms. The summed E-state index contributed by atoms with van der Waals surface area (Å²) in [6, 6.07) is 45.9. The predicted octanol–water partition coefficient (Wildman–Crippen LogP) is 9.11. The van der Waals surface area contributed by atoms with Gasteiger partial charge >= 0.3 is 0 Å². The van der Waals surface area contributed by atoms with Crippen LogP contribution in [0.4, 0.5) is 17.1 Å². The Kier molecular flexibility index (Phi) is 3.91. The van der Waals surface area contributed by atoms with E-state index in [-0.39, 0.29) is 0 Å². The van der Waals surface area contributed by atoms with Crippen molar-refractivity contribution >= 4 is 38.6 Å². The molecule has 154 valence electrons. The van der Waals surface area contributed by atoms with Crippen molar-refractivity contribution in [2.75, 3.05) is 4.90 Å². The maximum absolute atomic E-state index is 2.37. The van der Waals surface area contributed by atoms with Gasteiger partial charge in [0.25, 0.3) is 0 Å². The monoisotopic (exact) mass is 419 g/mol. The zero-order chi connectivity index (χ0) is 21.8. The fraction of sp³-hybridized carbons (Fsp3) is 0. The number of para-hydroxylation sites is 2. The van der Waals surface area contributed by atoms with E-state index >= 15 is 0 Å². The molecule has 0 saturated heterocycles. The van der Waals surface area contributed by atoms with Crippen molar-refractivity contribution in [1.82, 2.24) is 0 Å². The number of nitrogens with zero attached hydrogens (tertiary/aromatic N) is 1. The number of hydrogen-bond donors (Lipinski definition) is 0. The van der Waals surface area contributed by atoms with Crippen LogP contribution in [-0.2, 0) is 0 Å². The molecule has 0 amide bonds. The Hall–Kier alpha value is -4.36. The molecule has 6 aromatic carbocycles. The van der Waals surface area contributed by atoms with Crippen molar-refractivity contribution in [2.45, 2.75) is 0 Å². The minimum atomic E-state index is 1.16. The first-order chi connectivity index (χ1) is 16.4. The van der Waals surface area contributed by atoms with Gasteiger partial charge in [-0.05, 0) is 86.3 Å².